The Morgan fingerprint density at radius 2 is 2.23 bits per heavy atom. The molecule has 1 saturated heterocycles. The van der Waals surface area contributed by atoms with Gasteiger partial charge in [-0.05, 0) is 38.1 Å². The third-order valence-corrected chi connectivity index (χ3v) is 3.68. The minimum atomic E-state index is -0.884. The molecule has 0 amide bonds. The Labute approximate surface area is 128 Å². The lowest BCUT2D eigenvalue weighted by molar-refractivity contribution is 0.0536. The van der Waals surface area contributed by atoms with Gasteiger partial charge in [0.05, 0.1) is 6.61 Å². The Morgan fingerprint density at radius 1 is 1.41 bits per heavy atom. The molecule has 2 aromatic rings. The second-order valence-electron chi connectivity index (χ2n) is 5.46. The van der Waals surface area contributed by atoms with Crippen molar-refractivity contribution >= 4 is 17.1 Å². The van der Waals surface area contributed by atoms with Crippen LogP contribution in [0.2, 0.25) is 0 Å². The molecule has 7 nitrogen and oxygen atoms in total. The van der Waals surface area contributed by atoms with E-state index in [9.17, 15) is 5.11 Å². The van der Waals surface area contributed by atoms with E-state index in [2.05, 4.69) is 15.6 Å². The van der Waals surface area contributed by atoms with E-state index in [1.807, 2.05) is 0 Å². The lowest BCUT2D eigenvalue weighted by Gasteiger charge is -2.22. The van der Waals surface area contributed by atoms with Crippen LogP contribution in [0.5, 0.6) is 5.75 Å². The number of fused-ring (bicyclic) bond motifs is 1. The number of aromatic nitrogens is 1. The highest BCUT2D eigenvalue weighted by atomic mass is 16.5. The molecule has 1 aliphatic heterocycles. The summed E-state index contributed by atoms with van der Waals surface area (Å²) in [6.45, 7) is 1.72. The summed E-state index contributed by atoms with van der Waals surface area (Å²) >= 11 is 0. The normalized spacial score (nSPS) is 17.5. The molecular weight excluding hydrogens is 286 g/mol. The van der Waals surface area contributed by atoms with Crippen molar-refractivity contribution in [1.29, 1.82) is 0 Å². The van der Waals surface area contributed by atoms with E-state index in [0.717, 1.165) is 25.9 Å². The van der Waals surface area contributed by atoms with E-state index >= 15 is 0 Å². The summed E-state index contributed by atoms with van der Waals surface area (Å²) in [5.74, 6) is 0.585. The topological polar surface area (TPSA) is 99.8 Å². The first-order valence-corrected chi connectivity index (χ1v) is 7.54. The van der Waals surface area contributed by atoms with Crippen molar-refractivity contribution in [1.82, 2.24) is 10.3 Å². The molecule has 0 bridgehead atoms. The molecule has 0 radical (unpaired) electrons. The number of nitrogens with one attached hydrogen (secondary N) is 2. The fourth-order valence-corrected chi connectivity index (χ4v) is 2.44. The van der Waals surface area contributed by atoms with Gasteiger partial charge in [-0.25, -0.2) is 0 Å². The van der Waals surface area contributed by atoms with Crippen molar-refractivity contribution in [3.05, 3.63) is 18.2 Å². The summed E-state index contributed by atoms with van der Waals surface area (Å²) in [4.78, 5) is 4.42. The Morgan fingerprint density at radius 3 is 3.00 bits per heavy atom. The molecule has 0 aliphatic carbocycles. The van der Waals surface area contributed by atoms with Gasteiger partial charge in [-0.1, -0.05) is 0 Å². The van der Waals surface area contributed by atoms with Gasteiger partial charge in [-0.3, -0.25) is 0 Å². The Bertz CT molecular complexity index is 610. The Kier molecular flexibility index (Phi) is 4.77. The maximum atomic E-state index is 9.29. The van der Waals surface area contributed by atoms with Crippen molar-refractivity contribution in [3.8, 4) is 5.75 Å². The number of hydrogen-bond acceptors (Lipinski definition) is 7. The van der Waals surface area contributed by atoms with E-state index in [-0.39, 0.29) is 13.2 Å². The van der Waals surface area contributed by atoms with E-state index in [1.165, 1.54) is 0 Å². The average Bonchev–Trinajstić information content (AvgIpc) is 2.94. The van der Waals surface area contributed by atoms with Crippen molar-refractivity contribution in [2.75, 3.05) is 31.6 Å². The Hall–Kier alpha value is -1.83. The van der Waals surface area contributed by atoms with Crippen LogP contribution in [0.25, 0.3) is 11.1 Å². The predicted octanol–water partition coefficient (Wildman–Crippen LogP) is 0.724. The second kappa shape index (κ2) is 6.95. The van der Waals surface area contributed by atoms with Gasteiger partial charge in [-0.15, -0.1) is 0 Å². The standard InChI is InChI=1S/C15H21N3O4/c19-8-11(20)9-21-12-1-2-14-13(7-12)18-15(22-14)17-10-3-5-16-6-4-10/h1-2,7,10-11,16,19-20H,3-6,8-9H2,(H,17,18). The smallest absolute Gasteiger partial charge is 0.295 e. The molecule has 4 N–H and O–H groups in total. The van der Waals surface area contributed by atoms with Crippen LogP contribution in [-0.4, -0.2) is 53.6 Å². The van der Waals surface area contributed by atoms with E-state index in [1.54, 1.807) is 18.2 Å². The number of hydrogen-bond donors (Lipinski definition) is 4. The van der Waals surface area contributed by atoms with Crippen LogP contribution in [0, 0.1) is 0 Å². The Balaban J connectivity index is 1.67. The lowest BCUT2D eigenvalue weighted by Crippen LogP contribution is -2.35. The highest BCUT2D eigenvalue weighted by Gasteiger charge is 2.15. The van der Waals surface area contributed by atoms with Crippen LogP contribution in [0.1, 0.15) is 12.8 Å². The van der Waals surface area contributed by atoms with Crippen LogP contribution in [0.4, 0.5) is 6.01 Å². The average molecular weight is 307 g/mol. The quantitative estimate of drug-likeness (QED) is 0.624. The molecule has 7 heteroatoms. The number of piperidine rings is 1. The van der Waals surface area contributed by atoms with Crippen LogP contribution in [0.15, 0.2) is 22.6 Å². The number of aliphatic hydroxyl groups is 2. The van der Waals surface area contributed by atoms with Crippen LogP contribution in [0.3, 0.4) is 0 Å². The number of oxazole rings is 1. The van der Waals surface area contributed by atoms with Gasteiger partial charge in [0, 0.05) is 12.1 Å². The molecule has 0 spiro atoms. The maximum absolute atomic E-state index is 9.29. The van der Waals surface area contributed by atoms with E-state index in [0.29, 0.717) is 28.9 Å². The van der Waals surface area contributed by atoms with Gasteiger partial charge >= 0.3 is 0 Å². The molecule has 1 aromatic carbocycles. The molecular formula is C15H21N3O4. The molecule has 2 heterocycles. The number of nitrogens with zero attached hydrogens (tertiary/aromatic N) is 1. The molecule has 1 fully saturated rings. The molecule has 120 valence electrons. The van der Waals surface area contributed by atoms with Crippen molar-refractivity contribution in [2.24, 2.45) is 0 Å². The molecule has 1 aromatic heterocycles. The van der Waals surface area contributed by atoms with Crippen molar-refractivity contribution < 1.29 is 19.4 Å². The summed E-state index contributed by atoms with van der Waals surface area (Å²) in [5, 5.41) is 24.7. The first-order valence-electron chi connectivity index (χ1n) is 7.54. The van der Waals surface area contributed by atoms with Crippen LogP contribution >= 0.6 is 0 Å². The molecule has 0 saturated carbocycles. The van der Waals surface area contributed by atoms with Crippen molar-refractivity contribution in [2.45, 2.75) is 25.0 Å². The maximum Gasteiger partial charge on any atom is 0.295 e. The van der Waals surface area contributed by atoms with Gasteiger partial charge < -0.3 is 30.0 Å². The molecule has 3 rings (SSSR count). The number of ether oxygens (including phenoxy) is 1. The summed E-state index contributed by atoms with van der Waals surface area (Å²) in [7, 11) is 0. The van der Waals surface area contributed by atoms with Gasteiger partial charge in [0.25, 0.3) is 6.01 Å². The van der Waals surface area contributed by atoms with Gasteiger partial charge in [0.2, 0.25) is 0 Å². The number of rotatable bonds is 6. The molecule has 1 aliphatic rings. The highest BCUT2D eigenvalue weighted by Crippen LogP contribution is 2.24. The van der Waals surface area contributed by atoms with Gasteiger partial charge in [0.1, 0.15) is 24.0 Å². The van der Waals surface area contributed by atoms with E-state index < -0.39 is 6.10 Å². The number of aliphatic hydroxyl groups excluding tert-OH is 2. The number of anilines is 1. The van der Waals surface area contributed by atoms with Crippen molar-refractivity contribution in [3.63, 3.8) is 0 Å². The summed E-state index contributed by atoms with van der Waals surface area (Å²) in [6, 6.07) is 6.21. The predicted molar refractivity (Wildman–Crippen MR) is 82.1 cm³/mol. The third-order valence-electron chi connectivity index (χ3n) is 3.68. The fraction of sp³-hybridized carbons (Fsp3) is 0.533. The summed E-state index contributed by atoms with van der Waals surface area (Å²) < 4.78 is 11.1. The molecule has 1 atom stereocenters. The highest BCUT2D eigenvalue weighted by molar-refractivity contribution is 5.76. The molecule has 22 heavy (non-hydrogen) atoms. The zero-order valence-corrected chi connectivity index (χ0v) is 12.3. The first kappa shape index (κ1) is 15.1. The fourth-order valence-electron chi connectivity index (χ4n) is 2.44. The third kappa shape index (κ3) is 3.68. The van der Waals surface area contributed by atoms with Crippen LogP contribution in [-0.2, 0) is 0 Å². The zero-order chi connectivity index (χ0) is 15.4. The van der Waals surface area contributed by atoms with Gasteiger partial charge in [0.15, 0.2) is 5.58 Å². The second-order valence-corrected chi connectivity index (χ2v) is 5.46. The largest absolute Gasteiger partial charge is 0.491 e. The monoisotopic (exact) mass is 307 g/mol. The molecule has 1 unspecified atom stereocenters. The minimum Gasteiger partial charge on any atom is -0.491 e. The lowest BCUT2D eigenvalue weighted by atomic mass is 10.1. The van der Waals surface area contributed by atoms with Gasteiger partial charge in [-0.2, -0.15) is 4.98 Å². The van der Waals surface area contributed by atoms with E-state index in [4.69, 9.17) is 14.3 Å². The van der Waals surface area contributed by atoms with Crippen LogP contribution < -0.4 is 15.4 Å². The number of benzene rings is 1. The minimum absolute atomic E-state index is 0.0417. The zero-order valence-electron chi connectivity index (χ0n) is 12.3. The SMILES string of the molecule is OCC(O)COc1ccc2oc(NC3CCNCC3)nc2c1. The summed E-state index contributed by atoms with van der Waals surface area (Å²) in [5.41, 5.74) is 1.39. The first-order chi connectivity index (χ1) is 10.7. The summed E-state index contributed by atoms with van der Waals surface area (Å²) in [6.07, 6.45) is 1.21.